The normalized spacial score (nSPS) is 13.1. The van der Waals surface area contributed by atoms with Gasteiger partial charge in [-0.2, -0.15) is 0 Å². The summed E-state index contributed by atoms with van der Waals surface area (Å²) in [5.41, 5.74) is -1.92. The number of nitrogens with zero attached hydrogens (tertiary/aromatic N) is 1. The van der Waals surface area contributed by atoms with Crippen LogP contribution < -0.4 is 5.32 Å². The van der Waals surface area contributed by atoms with Crippen molar-refractivity contribution in [1.82, 2.24) is 5.32 Å². The number of hydrogen-bond acceptors (Lipinski definition) is 7. The van der Waals surface area contributed by atoms with Gasteiger partial charge >= 0.3 is 6.09 Å². The highest BCUT2D eigenvalue weighted by atomic mass is 32.9. The summed E-state index contributed by atoms with van der Waals surface area (Å²) < 4.78 is 11.1. The molecule has 0 aliphatic heterocycles. The third-order valence-corrected chi connectivity index (χ3v) is 7.66. The molecule has 6 nitrogen and oxygen atoms in total. The van der Waals surface area contributed by atoms with Crippen molar-refractivity contribution in [1.29, 1.82) is 0 Å². The van der Waals surface area contributed by atoms with Crippen molar-refractivity contribution >= 4 is 40.7 Å². The summed E-state index contributed by atoms with van der Waals surface area (Å²) in [5.74, 6) is 0.484. The van der Waals surface area contributed by atoms with Crippen LogP contribution in [-0.4, -0.2) is 37.8 Å². The molecule has 0 bridgehead atoms. The van der Waals surface area contributed by atoms with Gasteiger partial charge in [-0.25, -0.2) is 4.79 Å². The van der Waals surface area contributed by atoms with E-state index >= 15 is 0 Å². The molecule has 0 saturated heterocycles. The molecule has 0 saturated carbocycles. The van der Waals surface area contributed by atoms with Gasteiger partial charge in [-0.15, -0.1) is 0 Å². The van der Waals surface area contributed by atoms with E-state index in [-0.39, 0.29) is 5.41 Å². The van der Waals surface area contributed by atoms with Crippen LogP contribution in [-0.2, 0) is 25.7 Å². The Kier molecular flexibility index (Phi) is 9.73. The Morgan fingerprint density at radius 1 is 1.29 bits per heavy atom. The topological polar surface area (TPSA) is 69.1 Å². The fourth-order valence-corrected chi connectivity index (χ4v) is 5.74. The number of nitrogens with one attached hydrogen (secondary N) is 1. The third kappa shape index (κ3) is 8.78. The maximum atomic E-state index is 11.1. The van der Waals surface area contributed by atoms with Crippen LogP contribution in [0.25, 0.3) is 0 Å². The lowest BCUT2D eigenvalue weighted by Gasteiger charge is -2.24. The summed E-state index contributed by atoms with van der Waals surface area (Å²) in [6.45, 7) is 10.7. The van der Waals surface area contributed by atoms with E-state index < -0.39 is 11.8 Å². The second kappa shape index (κ2) is 9.79. The summed E-state index contributed by atoms with van der Waals surface area (Å²) in [6, 6.07) is 0. The molecule has 0 aromatic rings. The summed E-state index contributed by atoms with van der Waals surface area (Å²) in [7, 11) is 1.48. The van der Waals surface area contributed by atoms with Gasteiger partial charge in [0.25, 0.3) is 0 Å². The van der Waals surface area contributed by atoms with Crippen molar-refractivity contribution in [2.75, 3.05) is 26.0 Å². The fraction of sp³-hybridized carbons (Fsp3) is 0.833. The van der Waals surface area contributed by atoms with E-state index in [9.17, 15) is 4.79 Å². The number of hydrogen-bond donors (Lipinski definition) is 1. The number of amides is 1. The van der Waals surface area contributed by atoms with Crippen molar-refractivity contribution in [2.24, 2.45) is 10.6 Å². The molecule has 21 heavy (non-hydrogen) atoms. The van der Waals surface area contributed by atoms with Crippen LogP contribution in [0.5, 0.6) is 0 Å². The molecule has 0 aromatic heterocycles. The smallest absolute Gasteiger partial charge is 0.323 e. The minimum absolute atomic E-state index is 0.250. The van der Waals surface area contributed by atoms with Crippen LogP contribution in [0.3, 0.4) is 0 Å². The van der Waals surface area contributed by atoms with Gasteiger partial charge in [0.2, 0.25) is 5.69 Å². The Morgan fingerprint density at radius 3 is 2.19 bits per heavy atom. The van der Waals surface area contributed by atoms with Gasteiger partial charge in [-0.05, 0) is 25.7 Å². The summed E-state index contributed by atoms with van der Waals surface area (Å²) in [4.78, 5) is 15.9. The Morgan fingerprint density at radius 2 is 1.81 bits per heavy atom. The van der Waals surface area contributed by atoms with Crippen molar-refractivity contribution in [2.45, 2.75) is 34.6 Å². The first-order valence-electron chi connectivity index (χ1n) is 6.68. The maximum absolute atomic E-state index is 11.1. The molecule has 0 spiro atoms. The van der Waals surface area contributed by atoms with Gasteiger partial charge in [-0.3, -0.25) is 4.84 Å². The largest absolute Gasteiger partial charge is 0.433 e. The molecule has 0 atom stereocenters. The van der Waals surface area contributed by atoms with Crippen molar-refractivity contribution < 1.29 is 18.7 Å². The van der Waals surface area contributed by atoms with E-state index in [0.717, 1.165) is 0 Å². The molecule has 9 heteroatoms. The summed E-state index contributed by atoms with van der Waals surface area (Å²) >= 11 is 6.86. The number of carbonyl (C=O) groups is 1. The molecule has 0 aliphatic rings. The number of carbonyl (C=O) groups excluding carboxylic acids is 1. The molecular formula is C12H25N2O4PS2. The highest BCUT2D eigenvalue weighted by Crippen LogP contribution is 2.61. The second-order valence-electron chi connectivity index (χ2n) is 4.97. The quantitative estimate of drug-likeness (QED) is 0.309. The summed E-state index contributed by atoms with van der Waals surface area (Å²) in [5, 5.41) is 6.28. The molecule has 0 aromatic carbocycles. The lowest BCUT2D eigenvalue weighted by atomic mass is 9.91. The first kappa shape index (κ1) is 20.9. The average molecular weight is 356 g/mol. The summed E-state index contributed by atoms with van der Waals surface area (Å²) in [6.07, 6.45) is -0.601. The van der Waals surface area contributed by atoms with Crippen LogP contribution >= 0.6 is 17.1 Å². The Hall–Kier alpha value is -0.140. The van der Waals surface area contributed by atoms with Gasteiger partial charge in [0, 0.05) is 18.2 Å². The van der Waals surface area contributed by atoms with Gasteiger partial charge in [-0.1, -0.05) is 37.3 Å². The average Bonchev–Trinajstić information content (AvgIpc) is 2.37. The van der Waals surface area contributed by atoms with E-state index in [4.69, 9.17) is 25.7 Å². The monoisotopic (exact) mass is 356 g/mol. The molecule has 0 unspecified atom stereocenters. The first-order valence-corrected chi connectivity index (χ1v) is 10.9. The van der Waals surface area contributed by atoms with Crippen molar-refractivity contribution in [3.8, 4) is 0 Å². The minimum atomic E-state index is -2.38. The lowest BCUT2D eigenvalue weighted by Crippen LogP contribution is -2.25. The van der Waals surface area contributed by atoms with Crippen LogP contribution in [0.2, 0.25) is 0 Å². The SMILES string of the molecule is CCOP(=S)(OCC)SC/C(=N\OC(=O)NC)C(C)(C)C. The van der Waals surface area contributed by atoms with Crippen LogP contribution in [0.15, 0.2) is 5.16 Å². The highest BCUT2D eigenvalue weighted by molar-refractivity contribution is 8.68. The maximum Gasteiger partial charge on any atom is 0.433 e. The van der Waals surface area contributed by atoms with E-state index in [1.165, 1.54) is 18.4 Å². The highest BCUT2D eigenvalue weighted by Gasteiger charge is 2.26. The molecule has 1 amide bonds. The molecule has 1 N–H and O–H groups in total. The minimum Gasteiger partial charge on any atom is -0.323 e. The molecule has 124 valence electrons. The zero-order valence-corrected chi connectivity index (χ0v) is 16.0. The van der Waals surface area contributed by atoms with E-state index in [1.54, 1.807) is 0 Å². The van der Waals surface area contributed by atoms with Crippen LogP contribution in [0.4, 0.5) is 4.79 Å². The standard InChI is InChI=1S/C12H25N2O4PS2/c1-7-16-19(20,17-8-2)21-9-10(12(3,4)5)14-18-11(15)13-6/h7-9H2,1-6H3,(H,13,15)/b14-10+. The lowest BCUT2D eigenvalue weighted by molar-refractivity contribution is 0.152. The molecule has 0 fully saturated rings. The zero-order chi connectivity index (χ0) is 16.5. The van der Waals surface area contributed by atoms with E-state index in [2.05, 4.69) is 10.5 Å². The Labute approximate surface area is 136 Å². The molecule has 0 rings (SSSR count). The van der Waals surface area contributed by atoms with E-state index in [0.29, 0.717) is 24.7 Å². The van der Waals surface area contributed by atoms with Crippen LogP contribution in [0.1, 0.15) is 34.6 Å². The van der Waals surface area contributed by atoms with Gasteiger partial charge in [0.1, 0.15) is 0 Å². The zero-order valence-electron chi connectivity index (χ0n) is 13.5. The third-order valence-electron chi connectivity index (χ3n) is 2.24. The number of rotatable bonds is 8. The first-order chi connectivity index (χ1) is 9.68. The van der Waals surface area contributed by atoms with E-state index in [1.807, 2.05) is 34.6 Å². The predicted octanol–water partition coefficient (Wildman–Crippen LogP) is 3.78. The fourth-order valence-electron chi connectivity index (χ4n) is 1.09. The van der Waals surface area contributed by atoms with Crippen molar-refractivity contribution in [3.05, 3.63) is 0 Å². The van der Waals surface area contributed by atoms with Gasteiger partial charge < -0.3 is 14.4 Å². The number of oxime groups is 1. The molecular weight excluding hydrogens is 331 g/mol. The molecule has 0 radical (unpaired) electrons. The molecule has 0 aliphatic carbocycles. The Bertz CT molecular complexity index is 401. The van der Waals surface area contributed by atoms with Crippen molar-refractivity contribution in [3.63, 3.8) is 0 Å². The molecule has 0 heterocycles. The second-order valence-corrected chi connectivity index (χ2v) is 11.3. The predicted molar refractivity (Wildman–Crippen MR) is 92.4 cm³/mol. The van der Waals surface area contributed by atoms with Gasteiger partial charge in [0.15, 0.2) is 0 Å². The van der Waals surface area contributed by atoms with Crippen LogP contribution in [0, 0.1) is 5.41 Å². The Balaban J connectivity index is 4.90. The van der Waals surface area contributed by atoms with Gasteiger partial charge in [0.05, 0.1) is 18.9 Å².